The molecule has 0 saturated carbocycles. The van der Waals surface area contributed by atoms with Crippen molar-refractivity contribution in [2.24, 2.45) is 4.99 Å². The molecule has 0 spiro atoms. The fourth-order valence-electron chi connectivity index (χ4n) is 1.58. The summed E-state index contributed by atoms with van der Waals surface area (Å²) in [5, 5.41) is 0. The second kappa shape index (κ2) is 6.54. The van der Waals surface area contributed by atoms with Gasteiger partial charge in [-0.2, -0.15) is 4.99 Å². The molecule has 0 radical (unpaired) electrons. The van der Waals surface area contributed by atoms with E-state index in [1.54, 1.807) is 14.1 Å². The summed E-state index contributed by atoms with van der Waals surface area (Å²) in [5.41, 5.74) is 0. The number of rotatable bonds is 5. The number of carbonyl (C=O) groups is 1. The Kier molecular flexibility index (Phi) is 5.35. The molecule has 2 atom stereocenters. The summed E-state index contributed by atoms with van der Waals surface area (Å²) in [7, 11) is 2.77. The second-order valence-corrected chi connectivity index (χ2v) is 4.11. The standard InChI is InChI=1S/C10H17BN2O4/c1-4-5-6-11-16-8(10(15)13(2)3)9(17-11)12-7-14/h8-9H,4-6H2,1-3H3/t8-,9-/m1/s1. The molecule has 1 rings (SSSR count). The number of hydrogen-bond acceptors (Lipinski definition) is 5. The van der Waals surface area contributed by atoms with Crippen molar-refractivity contribution in [1.82, 2.24) is 4.90 Å². The molecule has 1 aliphatic rings. The Morgan fingerprint density at radius 1 is 1.47 bits per heavy atom. The van der Waals surface area contributed by atoms with Crippen molar-refractivity contribution in [3.63, 3.8) is 0 Å². The first-order chi connectivity index (χ1) is 8.10. The van der Waals surface area contributed by atoms with E-state index in [9.17, 15) is 9.59 Å². The molecule has 0 aromatic heterocycles. The van der Waals surface area contributed by atoms with E-state index in [1.165, 1.54) is 11.0 Å². The van der Waals surface area contributed by atoms with Crippen molar-refractivity contribution in [2.45, 2.75) is 38.4 Å². The highest BCUT2D eigenvalue weighted by Gasteiger charge is 2.43. The van der Waals surface area contributed by atoms with E-state index in [0.29, 0.717) is 6.32 Å². The van der Waals surface area contributed by atoms with Gasteiger partial charge in [0.2, 0.25) is 6.08 Å². The number of unbranched alkanes of at least 4 members (excludes halogenated alkanes) is 1. The molecule has 0 aromatic rings. The van der Waals surface area contributed by atoms with Gasteiger partial charge >= 0.3 is 7.12 Å². The van der Waals surface area contributed by atoms with E-state index in [1.807, 2.05) is 0 Å². The van der Waals surface area contributed by atoms with Crippen LogP contribution in [-0.4, -0.2) is 50.4 Å². The molecule has 17 heavy (non-hydrogen) atoms. The Labute approximate surface area is 101 Å². The van der Waals surface area contributed by atoms with Crippen LogP contribution >= 0.6 is 0 Å². The van der Waals surface area contributed by atoms with Crippen LogP contribution < -0.4 is 0 Å². The number of likely N-dealkylation sites (N-methyl/N-ethyl adjacent to an activating group) is 1. The molecular formula is C10H17BN2O4. The fourth-order valence-corrected chi connectivity index (χ4v) is 1.58. The topological polar surface area (TPSA) is 68.2 Å². The van der Waals surface area contributed by atoms with Crippen LogP contribution in [0.1, 0.15) is 19.8 Å². The Hall–Kier alpha value is -1.17. The Bertz CT molecular complexity index is 317. The number of nitrogens with zero attached hydrogens (tertiary/aromatic N) is 2. The highest BCUT2D eigenvalue weighted by atomic mass is 16.7. The van der Waals surface area contributed by atoms with E-state index in [4.69, 9.17) is 9.31 Å². The summed E-state index contributed by atoms with van der Waals surface area (Å²) in [6.45, 7) is 2.05. The number of amides is 1. The van der Waals surface area contributed by atoms with Gasteiger partial charge in [0.15, 0.2) is 12.3 Å². The molecule has 6 nitrogen and oxygen atoms in total. The molecule has 0 aromatic carbocycles. The lowest BCUT2D eigenvalue weighted by Gasteiger charge is -2.17. The smallest absolute Gasteiger partial charge is 0.395 e. The van der Waals surface area contributed by atoms with Gasteiger partial charge in [0.05, 0.1) is 0 Å². The monoisotopic (exact) mass is 240 g/mol. The number of carbonyl (C=O) groups excluding carboxylic acids is 2. The normalized spacial score (nSPS) is 23.4. The lowest BCUT2D eigenvalue weighted by molar-refractivity contribution is -0.137. The maximum Gasteiger partial charge on any atom is 0.459 e. The lowest BCUT2D eigenvalue weighted by Crippen LogP contribution is -2.39. The average Bonchev–Trinajstić information content (AvgIpc) is 2.69. The highest BCUT2D eigenvalue weighted by Crippen LogP contribution is 2.22. The van der Waals surface area contributed by atoms with E-state index in [-0.39, 0.29) is 5.91 Å². The van der Waals surface area contributed by atoms with Crippen LogP contribution in [0.25, 0.3) is 0 Å². The molecule has 0 aliphatic carbocycles. The molecule has 0 N–H and O–H groups in total. The van der Waals surface area contributed by atoms with Crippen molar-refractivity contribution < 1.29 is 18.9 Å². The summed E-state index contributed by atoms with van der Waals surface area (Å²) in [6, 6.07) is 0. The maximum atomic E-state index is 11.8. The van der Waals surface area contributed by atoms with Crippen LogP contribution in [0.5, 0.6) is 0 Å². The number of aliphatic imine (C=N–C) groups is 1. The molecule has 94 valence electrons. The third kappa shape index (κ3) is 3.66. The summed E-state index contributed by atoms with van der Waals surface area (Å²) >= 11 is 0. The van der Waals surface area contributed by atoms with Crippen LogP contribution in [0.2, 0.25) is 6.32 Å². The SMILES string of the molecule is CCCCB1O[C@@H](N=C=O)[C@H](C(=O)N(C)C)O1. The molecule has 1 fully saturated rings. The zero-order valence-electron chi connectivity index (χ0n) is 10.4. The quantitative estimate of drug-likeness (QED) is 0.397. The van der Waals surface area contributed by atoms with Crippen LogP contribution in [0, 0.1) is 0 Å². The van der Waals surface area contributed by atoms with Gasteiger partial charge in [-0.15, -0.1) is 0 Å². The second-order valence-electron chi connectivity index (χ2n) is 4.11. The molecule has 1 aliphatic heterocycles. The van der Waals surface area contributed by atoms with Crippen LogP contribution in [-0.2, 0) is 18.9 Å². The van der Waals surface area contributed by atoms with E-state index in [0.717, 1.165) is 12.8 Å². The Balaban J connectivity index is 2.66. The maximum absolute atomic E-state index is 11.8. The Morgan fingerprint density at radius 2 is 2.18 bits per heavy atom. The molecule has 1 heterocycles. The molecule has 1 saturated heterocycles. The van der Waals surface area contributed by atoms with Gasteiger partial charge in [-0.05, 0) is 6.32 Å². The van der Waals surface area contributed by atoms with Gasteiger partial charge < -0.3 is 14.2 Å². The largest absolute Gasteiger partial charge is 0.459 e. The van der Waals surface area contributed by atoms with Gasteiger partial charge in [-0.25, -0.2) is 4.79 Å². The van der Waals surface area contributed by atoms with Crippen molar-refractivity contribution >= 4 is 19.1 Å². The Morgan fingerprint density at radius 3 is 2.71 bits per heavy atom. The summed E-state index contributed by atoms with van der Waals surface area (Å²) in [5.74, 6) is -0.256. The molecule has 1 amide bonds. The van der Waals surface area contributed by atoms with Crippen molar-refractivity contribution in [3.05, 3.63) is 0 Å². The molecule has 0 bridgehead atoms. The van der Waals surface area contributed by atoms with Gasteiger partial charge in [-0.1, -0.05) is 19.8 Å². The van der Waals surface area contributed by atoms with E-state index >= 15 is 0 Å². The van der Waals surface area contributed by atoms with E-state index < -0.39 is 19.5 Å². The van der Waals surface area contributed by atoms with Crippen LogP contribution in [0.15, 0.2) is 4.99 Å². The first-order valence-corrected chi connectivity index (χ1v) is 5.69. The van der Waals surface area contributed by atoms with E-state index in [2.05, 4.69) is 11.9 Å². The third-order valence-electron chi connectivity index (χ3n) is 2.51. The minimum atomic E-state index is -0.871. The predicted molar refractivity (Wildman–Crippen MR) is 62.0 cm³/mol. The predicted octanol–water partition coefficient (Wildman–Crippen LogP) is 0.440. The van der Waals surface area contributed by atoms with Gasteiger partial charge in [0.25, 0.3) is 5.91 Å². The fraction of sp³-hybridized carbons (Fsp3) is 0.800. The van der Waals surface area contributed by atoms with Gasteiger partial charge in [0, 0.05) is 14.1 Å². The van der Waals surface area contributed by atoms with Gasteiger partial charge in [-0.3, -0.25) is 4.79 Å². The lowest BCUT2D eigenvalue weighted by atomic mass is 9.83. The van der Waals surface area contributed by atoms with Gasteiger partial charge in [0.1, 0.15) is 0 Å². The highest BCUT2D eigenvalue weighted by molar-refractivity contribution is 6.45. The van der Waals surface area contributed by atoms with Crippen molar-refractivity contribution in [2.75, 3.05) is 14.1 Å². The minimum absolute atomic E-state index is 0.256. The number of isocyanates is 1. The first kappa shape index (κ1) is 13.9. The zero-order chi connectivity index (χ0) is 12.8. The molecule has 7 heteroatoms. The summed E-state index contributed by atoms with van der Waals surface area (Å²) in [6.07, 6.45) is 2.34. The number of hydrogen-bond donors (Lipinski definition) is 0. The average molecular weight is 240 g/mol. The first-order valence-electron chi connectivity index (χ1n) is 5.69. The minimum Gasteiger partial charge on any atom is -0.395 e. The van der Waals surface area contributed by atoms with Crippen molar-refractivity contribution in [3.8, 4) is 0 Å². The molecular weight excluding hydrogens is 223 g/mol. The summed E-state index contributed by atoms with van der Waals surface area (Å²) in [4.78, 5) is 26.9. The molecule has 0 unspecified atom stereocenters. The summed E-state index contributed by atoms with van der Waals surface area (Å²) < 4.78 is 10.9. The van der Waals surface area contributed by atoms with Crippen LogP contribution in [0.4, 0.5) is 0 Å². The van der Waals surface area contributed by atoms with Crippen LogP contribution in [0.3, 0.4) is 0 Å². The third-order valence-corrected chi connectivity index (χ3v) is 2.51. The zero-order valence-corrected chi connectivity index (χ0v) is 10.4. The van der Waals surface area contributed by atoms with Crippen molar-refractivity contribution in [1.29, 1.82) is 0 Å².